The van der Waals surface area contributed by atoms with Gasteiger partial charge in [0.05, 0.1) is 18.2 Å². The zero-order chi connectivity index (χ0) is 10.6. The lowest BCUT2D eigenvalue weighted by molar-refractivity contribution is -0.115. The van der Waals surface area contributed by atoms with Crippen molar-refractivity contribution >= 4 is 11.5 Å². The van der Waals surface area contributed by atoms with Gasteiger partial charge in [0.25, 0.3) is 0 Å². The molecule has 1 aromatic rings. The predicted molar refractivity (Wildman–Crippen MR) is 55.1 cm³/mol. The molecule has 0 fully saturated rings. The van der Waals surface area contributed by atoms with Crippen LogP contribution >= 0.6 is 0 Å². The van der Waals surface area contributed by atoms with Crippen molar-refractivity contribution in [3.8, 4) is 6.07 Å². The van der Waals surface area contributed by atoms with Gasteiger partial charge in [-0.1, -0.05) is 0 Å². The number of carbonyl (C=O) groups excluding carboxylic acids is 1. The van der Waals surface area contributed by atoms with Crippen LogP contribution in [-0.2, 0) is 4.79 Å². The Morgan fingerprint density at radius 1 is 1.43 bits per heavy atom. The van der Waals surface area contributed by atoms with Crippen LogP contribution in [0.4, 0.5) is 5.69 Å². The molecule has 0 aliphatic rings. The Morgan fingerprint density at radius 2 is 2.00 bits per heavy atom. The quantitative estimate of drug-likeness (QED) is 0.723. The van der Waals surface area contributed by atoms with Gasteiger partial charge in [-0.3, -0.25) is 4.79 Å². The summed E-state index contributed by atoms with van der Waals surface area (Å²) in [5.41, 5.74) is 1.57. The van der Waals surface area contributed by atoms with E-state index in [-0.39, 0.29) is 5.78 Å². The molecule has 0 saturated heterocycles. The number of benzene rings is 1. The zero-order valence-electron chi connectivity index (χ0n) is 8.32. The number of nitriles is 1. The molecule has 0 heterocycles. The standard InChI is InChI=1S/C11H12N2O/c1-9(14)8-13(2)11-5-3-10(7-12)4-6-11/h3-6H,8H2,1-2H3. The maximum absolute atomic E-state index is 10.9. The fourth-order valence-corrected chi connectivity index (χ4v) is 1.22. The van der Waals surface area contributed by atoms with Crippen LogP contribution in [0.25, 0.3) is 0 Å². The van der Waals surface area contributed by atoms with Crippen molar-refractivity contribution in [1.82, 2.24) is 0 Å². The topological polar surface area (TPSA) is 44.1 Å². The summed E-state index contributed by atoms with van der Waals surface area (Å²) in [5.74, 6) is 0.122. The van der Waals surface area contributed by atoms with Crippen LogP contribution < -0.4 is 4.90 Å². The average Bonchev–Trinajstić information content (AvgIpc) is 2.17. The fraction of sp³-hybridized carbons (Fsp3) is 0.273. The van der Waals surface area contributed by atoms with Crippen LogP contribution in [0.2, 0.25) is 0 Å². The van der Waals surface area contributed by atoms with Crippen LogP contribution in [0.3, 0.4) is 0 Å². The van der Waals surface area contributed by atoms with E-state index in [2.05, 4.69) is 0 Å². The average molecular weight is 188 g/mol. The minimum atomic E-state index is 0.122. The Morgan fingerprint density at radius 3 is 2.43 bits per heavy atom. The molecule has 0 N–H and O–H groups in total. The summed E-state index contributed by atoms with van der Waals surface area (Å²) in [4.78, 5) is 12.7. The van der Waals surface area contributed by atoms with Crippen molar-refractivity contribution < 1.29 is 4.79 Å². The maximum atomic E-state index is 10.9. The lowest BCUT2D eigenvalue weighted by Gasteiger charge is -2.17. The van der Waals surface area contributed by atoms with Crippen LogP contribution in [0.1, 0.15) is 12.5 Å². The third-order valence-electron chi connectivity index (χ3n) is 1.90. The first-order chi connectivity index (χ1) is 6.63. The van der Waals surface area contributed by atoms with E-state index in [1.807, 2.05) is 30.1 Å². The summed E-state index contributed by atoms with van der Waals surface area (Å²) in [7, 11) is 1.85. The summed E-state index contributed by atoms with van der Waals surface area (Å²) >= 11 is 0. The molecule has 1 aromatic carbocycles. The molecule has 0 saturated carbocycles. The third-order valence-corrected chi connectivity index (χ3v) is 1.90. The van der Waals surface area contributed by atoms with E-state index in [0.29, 0.717) is 12.1 Å². The van der Waals surface area contributed by atoms with Gasteiger partial charge >= 0.3 is 0 Å². The lowest BCUT2D eigenvalue weighted by atomic mass is 10.2. The van der Waals surface area contributed by atoms with E-state index in [0.717, 1.165) is 5.69 Å². The summed E-state index contributed by atoms with van der Waals surface area (Å²) in [6.45, 7) is 1.95. The SMILES string of the molecule is CC(=O)CN(C)c1ccc(C#N)cc1. The molecule has 0 atom stereocenters. The molecule has 0 aromatic heterocycles. The first kappa shape index (κ1) is 10.3. The second-order valence-corrected chi connectivity index (χ2v) is 3.22. The molecular formula is C11H12N2O. The Balaban J connectivity index is 2.77. The highest BCUT2D eigenvalue weighted by atomic mass is 16.1. The molecule has 3 nitrogen and oxygen atoms in total. The van der Waals surface area contributed by atoms with Gasteiger partial charge < -0.3 is 4.90 Å². The van der Waals surface area contributed by atoms with Crippen molar-refractivity contribution in [3.63, 3.8) is 0 Å². The first-order valence-corrected chi connectivity index (χ1v) is 4.34. The van der Waals surface area contributed by atoms with Gasteiger partial charge in [0.1, 0.15) is 5.78 Å². The van der Waals surface area contributed by atoms with Gasteiger partial charge in [-0.2, -0.15) is 5.26 Å². The molecule has 0 unspecified atom stereocenters. The van der Waals surface area contributed by atoms with Crippen LogP contribution in [0.15, 0.2) is 24.3 Å². The smallest absolute Gasteiger partial charge is 0.149 e. The van der Waals surface area contributed by atoms with Crippen molar-refractivity contribution in [1.29, 1.82) is 5.26 Å². The molecular weight excluding hydrogens is 176 g/mol. The van der Waals surface area contributed by atoms with Crippen LogP contribution in [-0.4, -0.2) is 19.4 Å². The number of Topliss-reactive ketones (excluding diaryl/α,β-unsaturated/α-hetero) is 1. The Bertz CT molecular complexity index is 362. The number of rotatable bonds is 3. The van der Waals surface area contributed by atoms with Crippen molar-refractivity contribution in [2.45, 2.75) is 6.92 Å². The minimum absolute atomic E-state index is 0.122. The van der Waals surface area contributed by atoms with E-state index in [4.69, 9.17) is 5.26 Å². The van der Waals surface area contributed by atoms with Gasteiger partial charge in [0, 0.05) is 12.7 Å². The number of hydrogen-bond donors (Lipinski definition) is 0. The number of likely N-dealkylation sites (N-methyl/N-ethyl adjacent to an activating group) is 1. The molecule has 14 heavy (non-hydrogen) atoms. The Hall–Kier alpha value is -1.82. The second kappa shape index (κ2) is 4.43. The highest BCUT2D eigenvalue weighted by molar-refractivity contribution is 5.80. The maximum Gasteiger partial charge on any atom is 0.149 e. The summed E-state index contributed by atoms with van der Waals surface area (Å²) in [6.07, 6.45) is 0. The summed E-state index contributed by atoms with van der Waals surface area (Å²) < 4.78 is 0. The first-order valence-electron chi connectivity index (χ1n) is 4.34. The van der Waals surface area contributed by atoms with Crippen LogP contribution in [0.5, 0.6) is 0 Å². The second-order valence-electron chi connectivity index (χ2n) is 3.22. The number of ketones is 1. The normalized spacial score (nSPS) is 9.21. The Kier molecular flexibility index (Phi) is 3.24. The van der Waals surface area contributed by atoms with Crippen molar-refractivity contribution in [2.75, 3.05) is 18.5 Å². The number of anilines is 1. The van der Waals surface area contributed by atoms with Gasteiger partial charge in [-0.15, -0.1) is 0 Å². The zero-order valence-corrected chi connectivity index (χ0v) is 8.32. The minimum Gasteiger partial charge on any atom is -0.367 e. The summed E-state index contributed by atoms with van der Waals surface area (Å²) in [5, 5.41) is 8.59. The number of carbonyl (C=O) groups is 1. The molecule has 72 valence electrons. The molecule has 0 amide bonds. The van der Waals surface area contributed by atoms with E-state index in [1.165, 1.54) is 0 Å². The van der Waals surface area contributed by atoms with Gasteiger partial charge in [0.15, 0.2) is 0 Å². The van der Waals surface area contributed by atoms with Gasteiger partial charge in [-0.05, 0) is 31.2 Å². The predicted octanol–water partition coefficient (Wildman–Crippen LogP) is 1.58. The van der Waals surface area contributed by atoms with Gasteiger partial charge in [-0.25, -0.2) is 0 Å². The van der Waals surface area contributed by atoms with E-state index >= 15 is 0 Å². The van der Waals surface area contributed by atoms with Crippen LogP contribution in [0, 0.1) is 11.3 Å². The highest BCUT2D eigenvalue weighted by Crippen LogP contribution is 2.12. The van der Waals surface area contributed by atoms with Crippen molar-refractivity contribution in [2.24, 2.45) is 0 Å². The fourth-order valence-electron chi connectivity index (χ4n) is 1.22. The van der Waals surface area contributed by atoms with E-state index < -0.39 is 0 Å². The monoisotopic (exact) mass is 188 g/mol. The van der Waals surface area contributed by atoms with Gasteiger partial charge in [0.2, 0.25) is 0 Å². The molecule has 0 aliphatic carbocycles. The third kappa shape index (κ3) is 2.60. The molecule has 0 bridgehead atoms. The summed E-state index contributed by atoms with van der Waals surface area (Å²) in [6, 6.07) is 9.20. The number of nitrogens with zero attached hydrogens (tertiary/aromatic N) is 2. The number of hydrogen-bond acceptors (Lipinski definition) is 3. The molecule has 3 heteroatoms. The Labute approximate surface area is 83.6 Å². The van der Waals surface area contributed by atoms with E-state index in [1.54, 1.807) is 19.1 Å². The largest absolute Gasteiger partial charge is 0.367 e. The molecule has 1 rings (SSSR count). The lowest BCUT2D eigenvalue weighted by Crippen LogP contribution is -2.23. The highest BCUT2D eigenvalue weighted by Gasteiger charge is 2.02. The van der Waals surface area contributed by atoms with E-state index in [9.17, 15) is 4.79 Å². The van der Waals surface area contributed by atoms with Crippen molar-refractivity contribution in [3.05, 3.63) is 29.8 Å². The molecule has 0 radical (unpaired) electrons. The molecule has 0 spiro atoms. The molecule has 0 aliphatic heterocycles.